The van der Waals surface area contributed by atoms with Gasteiger partial charge in [0.1, 0.15) is 0 Å². The zero-order valence-electron chi connectivity index (χ0n) is 13.6. The first-order valence-corrected chi connectivity index (χ1v) is 7.82. The Bertz CT molecular complexity index is 508. The Morgan fingerprint density at radius 1 is 1.29 bits per heavy atom. The summed E-state index contributed by atoms with van der Waals surface area (Å²) >= 11 is 0. The molecule has 0 aliphatic carbocycles. The Morgan fingerprint density at radius 3 is 2.62 bits per heavy atom. The molecule has 8 heteroatoms. The van der Waals surface area contributed by atoms with E-state index in [9.17, 15) is 13.2 Å². The molecule has 1 heterocycles. The van der Waals surface area contributed by atoms with Crippen molar-refractivity contribution in [2.45, 2.75) is 31.5 Å². The summed E-state index contributed by atoms with van der Waals surface area (Å²) in [5, 5.41) is 5.95. The average Bonchev–Trinajstić information content (AvgIpc) is 2.54. The number of hydrogen-bond acceptors (Lipinski definition) is 2. The molecule has 2 N–H and O–H groups in total. The van der Waals surface area contributed by atoms with Gasteiger partial charge in [-0.05, 0) is 25.0 Å². The number of halogens is 4. The van der Waals surface area contributed by atoms with Gasteiger partial charge in [0.05, 0.1) is 6.42 Å². The smallest absolute Gasteiger partial charge is 0.369 e. The van der Waals surface area contributed by atoms with Crippen molar-refractivity contribution in [2.24, 2.45) is 4.99 Å². The van der Waals surface area contributed by atoms with Gasteiger partial charge < -0.3 is 15.5 Å². The number of nitrogens with one attached hydrogen (secondary N) is 2. The normalized spacial score (nSPS) is 18.8. The molecule has 24 heavy (non-hydrogen) atoms. The fourth-order valence-corrected chi connectivity index (χ4v) is 2.68. The molecule has 1 aliphatic heterocycles. The van der Waals surface area contributed by atoms with Crippen LogP contribution >= 0.6 is 24.0 Å². The molecule has 0 aromatic heterocycles. The Morgan fingerprint density at radius 2 is 2.00 bits per heavy atom. The molecule has 1 unspecified atom stereocenters. The third-order valence-corrected chi connectivity index (χ3v) is 3.81. The predicted octanol–water partition coefficient (Wildman–Crippen LogP) is 3.39. The van der Waals surface area contributed by atoms with E-state index in [1.807, 2.05) is 18.2 Å². The highest BCUT2D eigenvalue weighted by Crippen LogP contribution is 2.20. The standard InChI is InChI=1S/C16H23F3N4.HI/c1-20-15(21-10-9-16(17,18)19)22-13-6-5-11-23(12-13)14-7-3-2-4-8-14;/h2-4,7-8,13H,5-6,9-12H2,1H3,(H2,20,21,22);1H. The SMILES string of the molecule is CN=C(NCCC(F)(F)F)NC1CCCN(c2ccccc2)C1.I. The van der Waals surface area contributed by atoms with Crippen molar-refractivity contribution in [3.05, 3.63) is 30.3 Å². The Kier molecular flexibility index (Phi) is 8.65. The fraction of sp³-hybridized carbons (Fsp3) is 0.562. The molecule has 2 rings (SSSR count). The van der Waals surface area contributed by atoms with Crippen LogP contribution in [0.15, 0.2) is 35.3 Å². The van der Waals surface area contributed by atoms with E-state index in [0.29, 0.717) is 5.96 Å². The number of hydrogen-bond donors (Lipinski definition) is 2. The zero-order chi connectivity index (χ0) is 16.7. The van der Waals surface area contributed by atoms with Crippen molar-refractivity contribution in [3.63, 3.8) is 0 Å². The van der Waals surface area contributed by atoms with Gasteiger partial charge in [-0.3, -0.25) is 4.99 Å². The number of benzene rings is 1. The first-order valence-electron chi connectivity index (χ1n) is 7.82. The van der Waals surface area contributed by atoms with E-state index in [1.54, 1.807) is 7.05 Å². The Balaban J connectivity index is 0.00000288. The van der Waals surface area contributed by atoms with Gasteiger partial charge in [-0.1, -0.05) is 18.2 Å². The minimum absolute atomic E-state index is 0. The lowest BCUT2D eigenvalue weighted by Crippen LogP contribution is -2.51. The first kappa shape index (κ1) is 20.9. The molecule has 1 atom stereocenters. The highest BCUT2D eigenvalue weighted by molar-refractivity contribution is 14.0. The topological polar surface area (TPSA) is 39.7 Å². The largest absolute Gasteiger partial charge is 0.390 e. The van der Waals surface area contributed by atoms with Gasteiger partial charge in [-0.15, -0.1) is 24.0 Å². The molecule has 1 fully saturated rings. The summed E-state index contributed by atoms with van der Waals surface area (Å²) in [6, 6.07) is 10.3. The van der Waals surface area contributed by atoms with E-state index in [1.165, 1.54) is 5.69 Å². The van der Waals surface area contributed by atoms with Crippen LogP contribution in [0.25, 0.3) is 0 Å². The van der Waals surface area contributed by atoms with Crippen LogP contribution in [0.3, 0.4) is 0 Å². The van der Waals surface area contributed by atoms with E-state index in [2.05, 4.69) is 32.7 Å². The minimum Gasteiger partial charge on any atom is -0.369 e. The second-order valence-corrected chi connectivity index (χ2v) is 5.63. The minimum atomic E-state index is -4.15. The predicted molar refractivity (Wildman–Crippen MR) is 102 cm³/mol. The maximum Gasteiger partial charge on any atom is 0.390 e. The van der Waals surface area contributed by atoms with Gasteiger partial charge in [0.2, 0.25) is 0 Å². The molecule has 0 spiro atoms. The molecule has 0 bridgehead atoms. The summed E-state index contributed by atoms with van der Waals surface area (Å²) < 4.78 is 36.6. The summed E-state index contributed by atoms with van der Waals surface area (Å²) in [7, 11) is 1.57. The quantitative estimate of drug-likeness (QED) is 0.415. The molecule has 1 aromatic rings. The van der Waals surface area contributed by atoms with Crippen molar-refractivity contribution >= 4 is 35.6 Å². The Labute approximate surface area is 157 Å². The zero-order valence-corrected chi connectivity index (χ0v) is 16.0. The lowest BCUT2D eigenvalue weighted by atomic mass is 10.1. The first-order chi connectivity index (χ1) is 11.0. The van der Waals surface area contributed by atoms with Crippen LogP contribution in [0.1, 0.15) is 19.3 Å². The van der Waals surface area contributed by atoms with Crippen molar-refractivity contribution in [2.75, 3.05) is 31.6 Å². The van der Waals surface area contributed by atoms with E-state index in [4.69, 9.17) is 0 Å². The van der Waals surface area contributed by atoms with E-state index in [-0.39, 0.29) is 36.6 Å². The van der Waals surface area contributed by atoms with E-state index in [0.717, 1.165) is 25.9 Å². The van der Waals surface area contributed by atoms with Gasteiger partial charge in [0.15, 0.2) is 5.96 Å². The average molecular weight is 456 g/mol. The van der Waals surface area contributed by atoms with Crippen LogP contribution in [-0.4, -0.2) is 44.9 Å². The molecular formula is C16H24F3IN4. The van der Waals surface area contributed by atoms with Gasteiger partial charge in [-0.2, -0.15) is 13.2 Å². The van der Waals surface area contributed by atoms with Crippen molar-refractivity contribution in [1.29, 1.82) is 0 Å². The highest BCUT2D eigenvalue weighted by Gasteiger charge is 2.26. The number of piperidine rings is 1. The highest BCUT2D eigenvalue weighted by atomic mass is 127. The van der Waals surface area contributed by atoms with Gasteiger partial charge in [0.25, 0.3) is 0 Å². The second-order valence-electron chi connectivity index (χ2n) is 5.63. The van der Waals surface area contributed by atoms with Gasteiger partial charge >= 0.3 is 6.18 Å². The number of aliphatic imine (C=N–C) groups is 1. The molecule has 136 valence electrons. The number of para-hydroxylation sites is 1. The lowest BCUT2D eigenvalue weighted by molar-refractivity contribution is -0.132. The van der Waals surface area contributed by atoms with Crippen LogP contribution in [0.2, 0.25) is 0 Å². The molecule has 4 nitrogen and oxygen atoms in total. The van der Waals surface area contributed by atoms with Crippen molar-refractivity contribution < 1.29 is 13.2 Å². The maximum atomic E-state index is 12.2. The van der Waals surface area contributed by atoms with Gasteiger partial charge in [0, 0.05) is 38.4 Å². The van der Waals surface area contributed by atoms with Crippen molar-refractivity contribution in [3.8, 4) is 0 Å². The summed E-state index contributed by atoms with van der Waals surface area (Å²) in [5.74, 6) is 0.425. The fourth-order valence-electron chi connectivity index (χ4n) is 2.68. The third kappa shape index (κ3) is 7.14. The molecule has 1 aromatic carbocycles. The molecule has 0 saturated carbocycles. The molecule has 1 aliphatic rings. The van der Waals surface area contributed by atoms with Crippen molar-refractivity contribution in [1.82, 2.24) is 10.6 Å². The summed E-state index contributed by atoms with van der Waals surface area (Å²) in [5.41, 5.74) is 1.17. The summed E-state index contributed by atoms with van der Waals surface area (Å²) in [6.45, 7) is 1.63. The maximum absolute atomic E-state index is 12.2. The molecular weight excluding hydrogens is 432 g/mol. The second kappa shape index (κ2) is 9.95. The van der Waals surface area contributed by atoms with Crippen LogP contribution in [0.4, 0.5) is 18.9 Å². The van der Waals surface area contributed by atoms with Gasteiger partial charge in [-0.25, -0.2) is 0 Å². The van der Waals surface area contributed by atoms with Crippen LogP contribution in [-0.2, 0) is 0 Å². The molecule has 1 saturated heterocycles. The summed E-state index contributed by atoms with van der Waals surface area (Å²) in [6.07, 6.45) is -3.01. The number of nitrogens with zero attached hydrogens (tertiary/aromatic N) is 2. The monoisotopic (exact) mass is 456 g/mol. The third-order valence-electron chi connectivity index (χ3n) is 3.81. The van der Waals surface area contributed by atoms with E-state index >= 15 is 0 Å². The van der Waals surface area contributed by atoms with Crippen LogP contribution in [0.5, 0.6) is 0 Å². The Hall–Kier alpha value is -1.19. The number of alkyl halides is 3. The number of guanidine groups is 1. The summed E-state index contributed by atoms with van der Waals surface area (Å²) in [4.78, 5) is 6.29. The molecule has 0 radical (unpaired) electrons. The van der Waals surface area contributed by atoms with Crippen LogP contribution in [0, 0.1) is 0 Å². The number of anilines is 1. The molecule has 0 amide bonds. The number of rotatable bonds is 4. The van der Waals surface area contributed by atoms with Crippen LogP contribution < -0.4 is 15.5 Å². The van der Waals surface area contributed by atoms with E-state index < -0.39 is 12.6 Å². The lowest BCUT2D eigenvalue weighted by Gasteiger charge is -2.35.